The molecule has 7 heteroatoms. The lowest BCUT2D eigenvalue weighted by Crippen LogP contribution is -2.22. The second-order valence-electron chi connectivity index (χ2n) is 4.88. The van der Waals surface area contributed by atoms with Crippen molar-refractivity contribution in [2.24, 2.45) is 0 Å². The Hall–Kier alpha value is -1.47. The molecule has 1 fully saturated rings. The first-order chi connectivity index (χ1) is 9.29. The fourth-order valence-corrected chi connectivity index (χ4v) is 3.77. The maximum Gasteiger partial charge on any atom is 0.335 e. The molecule has 0 aliphatic carbocycles. The van der Waals surface area contributed by atoms with E-state index in [0.29, 0.717) is 12.5 Å². The average molecular weight is 302 g/mol. The number of carboxylic acids is 1. The van der Waals surface area contributed by atoms with Gasteiger partial charge in [0.1, 0.15) is 10.7 Å². The van der Waals surface area contributed by atoms with E-state index in [1.165, 1.54) is 0 Å². The number of hydrogen-bond donors (Lipinski definition) is 1. The van der Waals surface area contributed by atoms with Gasteiger partial charge >= 0.3 is 5.97 Å². The van der Waals surface area contributed by atoms with Crippen LogP contribution in [0.15, 0.2) is 23.1 Å². The number of rotatable bonds is 4. The molecule has 1 aliphatic heterocycles. The molecule has 2 unspecified atom stereocenters. The van der Waals surface area contributed by atoms with E-state index < -0.39 is 32.6 Å². The van der Waals surface area contributed by atoms with Gasteiger partial charge in [-0.05, 0) is 38.0 Å². The van der Waals surface area contributed by atoms with Crippen LogP contribution in [0.1, 0.15) is 30.1 Å². The van der Waals surface area contributed by atoms with Gasteiger partial charge in [-0.1, -0.05) is 0 Å². The Bertz CT molecular complexity index is 626. The quantitative estimate of drug-likeness (QED) is 0.918. The molecule has 110 valence electrons. The summed E-state index contributed by atoms with van der Waals surface area (Å²) in [5.41, 5.74) is -0.285. The molecule has 2 atom stereocenters. The van der Waals surface area contributed by atoms with Gasteiger partial charge in [0.05, 0.1) is 23.5 Å². The number of halogens is 1. The minimum absolute atomic E-state index is 0.00873. The van der Waals surface area contributed by atoms with Gasteiger partial charge in [0.2, 0.25) is 0 Å². The highest BCUT2D eigenvalue weighted by Crippen LogP contribution is 2.24. The smallest absolute Gasteiger partial charge is 0.335 e. The second-order valence-corrected chi connectivity index (χ2v) is 6.88. The highest BCUT2D eigenvalue weighted by atomic mass is 32.2. The fraction of sp³-hybridized carbons (Fsp3) is 0.462. The van der Waals surface area contributed by atoms with Crippen molar-refractivity contribution in [3.8, 4) is 0 Å². The van der Waals surface area contributed by atoms with Crippen LogP contribution in [0.5, 0.6) is 0 Å². The zero-order valence-electron chi connectivity index (χ0n) is 10.9. The summed E-state index contributed by atoms with van der Waals surface area (Å²) in [6.45, 7) is 1.86. The highest BCUT2D eigenvalue weighted by molar-refractivity contribution is 7.91. The Morgan fingerprint density at radius 1 is 1.45 bits per heavy atom. The van der Waals surface area contributed by atoms with Crippen molar-refractivity contribution in [2.45, 2.75) is 36.9 Å². The first kappa shape index (κ1) is 14.9. The van der Waals surface area contributed by atoms with E-state index in [-0.39, 0.29) is 17.4 Å². The zero-order chi connectivity index (χ0) is 14.9. The standard InChI is InChI=1S/C13H15FO5S/c1-8-2-4-10(19-8)7-20(17,18)12-5-3-9(13(15)16)6-11(12)14/h3,5-6,8,10H,2,4,7H2,1H3,(H,15,16). The second kappa shape index (κ2) is 5.49. The molecular weight excluding hydrogens is 287 g/mol. The molecule has 20 heavy (non-hydrogen) atoms. The molecule has 0 spiro atoms. The number of ether oxygens (including phenoxy) is 1. The number of hydrogen-bond acceptors (Lipinski definition) is 4. The number of aromatic carboxylic acids is 1. The summed E-state index contributed by atoms with van der Waals surface area (Å²) in [5, 5.41) is 8.73. The summed E-state index contributed by atoms with van der Waals surface area (Å²) in [7, 11) is -3.83. The first-order valence-electron chi connectivity index (χ1n) is 6.20. The Balaban J connectivity index is 2.23. The summed E-state index contributed by atoms with van der Waals surface area (Å²) < 4.78 is 43.5. The van der Waals surface area contributed by atoms with Gasteiger partial charge in [-0.2, -0.15) is 0 Å². The molecule has 1 aromatic rings. The Labute approximate surface area is 116 Å². The van der Waals surface area contributed by atoms with E-state index >= 15 is 0 Å². The summed E-state index contributed by atoms with van der Waals surface area (Å²) in [6, 6.07) is 2.79. The van der Waals surface area contributed by atoms with E-state index in [1.54, 1.807) is 0 Å². The SMILES string of the molecule is CC1CCC(CS(=O)(=O)c2ccc(C(=O)O)cc2F)O1. The van der Waals surface area contributed by atoms with Gasteiger partial charge in [-0.3, -0.25) is 0 Å². The molecule has 0 bridgehead atoms. The Morgan fingerprint density at radius 3 is 2.65 bits per heavy atom. The molecule has 0 aromatic heterocycles. The van der Waals surface area contributed by atoms with Gasteiger partial charge in [-0.25, -0.2) is 17.6 Å². The summed E-state index contributed by atoms with van der Waals surface area (Å²) in [4.78, 5) is 10.2. The predicted octanol–water partition coefficient (Wildman–Crippen LogP) is 1.87. The van der Waals surface area contributed by atoms with Crippen molar-refractivity contribution >= 4 is 15.8 Å². The molecular formula is C13H15FO5S. The van der Waals surface area contributed by atoms with E-state index in [9.17, 15) is 17.6 Å². The Morgan fingerprint density at radius 2 is 2.15 bits per heavy atom. The molecule has 1 saturated heterocycles. The van der Waals surface area contributed by atoms with Crippen LogP contribution in [0.2, 0.25) is 0 Å². The van der Waals surface area contributed by atoms with Crippen molar-refractivity contribution < 1.29 is 27.4 Å². The molecule has 0 saturated carbocycles. The summed E-state index contributed by atoms with van der Waals surface area (Å²) >= 11 is 0. The van der Waals surface area contributed by atoms with Crippen LogP contribution in [-0.4, -0.2) is 37.5 Å². The first-order valence-corrected chi connectivity index (χ1v) is 7.86. The van der Waals surface area contributed by atoms with E-state index in [1.807, 2.05) is 6.92 Å². The monoisotopic (exact) mass is 302 g/mol. The number of benzene rings is 1. The largest absolute Gasteiger partial charge is 0.478 e. The minimum Gasteiger partial charge on any atom is -0.478 e. The predicted molar refractivity (Wildman–Crippen MR) is 69.0 cm³/mol. The molecule has 2 rings (SSSR count). The van der Waals surface area contributed by atoms with Crippen LogP contribution < -0.4 is 0 Å². The molecule has 1 N–H and O–H groups in total. The van der Waals surface area contributed by atoms with Crippen LogP contribution in [0.25, 0.3) is 0 Å². The maximum atomic E-state index is 13.8. The van der Waals surface area contributed by atoms with Gasteiger partial charge < -0.3 is 9.84 Å². The van der Waals surface area contributed by atoms with Gasteiger partial charge in [-0.15, -0.1) is 0 Å². The van der Waals surface area contributed by atoms with E-state index in [4.69, 9.17) is 9.84 Å². The third-order valence-corrected chi connectivity index (χ3v) is 5.05. The third kappa shape index (κ3) is 3.16. The maximum absolute atomic E-state index is 13.8. The van der Waals surface area contributed by atoms with Crippen LogP contribution in [0, 0.1) is 5.82 Å². The van der Waals surface area contributed by atoms with Crippen molar-refractivity contribution in [3.63, 3.8) is 0 Å². The lowest BCUT2D eigenvalue weighted by Gasteiger charge is -2.12. The molecule has 5 nitrogen and oxygen atoms in total. The summed E-state index contributed by atoms with van der Waals surface area (Å²) in [5.74, 6) is -2.64. The number of carboxylic acid groups (broad SMARTS) is 1. The van der Waals surface area contributed by atoms with Crippen LogP contribution in [-0.2, 0) is 14.6 Å². The van der Waals surface area contributed by atoms with Gasteiger partial charge in [0.25, 0.3) is 0 Å². The average Bonchev–Trinajstić information content (AvgIpc) is 2.73. The van der Waals surface area contributed by atoms with Gasteiger partial charge in [0, 0.05) is 0 Å². The molecule has 0 amide bonds. The zero-order valence-corrected chi connectivity index (χ0v) is 11.7. The molecule has 1 aromatic carbocycles. The normalized spacial score (nSPS) is 22.9. The van der Waals surface area contributed by atoms with E-state index in [0.717, 1.165) is 18.6 Å². The molecule has 1 heterocycles. The molecule has 0 radical (unpaired) electrons. The number of sulfone groups is 1. The van der Waals surface area contributed by atoms with Crippen LogP contribution in [0.3, 0.4) is 0 Å². The van der Waals surface area contributed by atoms with Crippen molar-refractivity contribution in [2.75, 3.05) is 5.75 Å². The van der Waals surface area contributed by atoms with Crippen molar-refractivity contribution in [1.29, 1.82) is 0 Å². The number of carbonyl (C=O) groups is 1. The lowest BCUT2D eigenvalue weighted by atomic mass is 10.2. The third-order valence-electron chi connectivity index (χ3n) is 3.24. The Kier molecular flexibility index (Phi) is 4.10. The highest BCUT2D eigenvalue weighted by Gasteiger charge is 2.29. The lowest BCUT2D eigenvalue weighted by molar-refractivity contribution is 0.0685. The van der Waals surface area contributed by atoms with E-state index in [2.05, 4.69) is 0 Å². The van der Waals surface area contributed by atoms with Crippen molar-refractivity contribution in [3.05, 3.63) is 29.6 Å². The summed E-state index contributed by atoms with van der Waals surface area (Å²) in [6.07, 6.45) is 0.971. The topological polar surface area (TPSA) is 80.7 Å². The van der Waals surface area contributed by atoms with Crippen molar-refractivity contribution in [1.82, 2.24) is 0 Å². The van der Waals surface area contributed by atoms with Crippen LogP contribution in [0.4, 0.5) is 4.39 Å². The van der Waals surface area contributed by atoms with Crippen LogP contribution >= 0.6 is 0 Å². The fourth-order valence-electron chi connectivity index (χ4n) is 2.23. The van der Waals surface area contributed by atoms with Gasteiger partial charge in [0.15, 0.2) is 9.84 Å². The minimum atomic E-state index is -3.83. The molecule has 1 aliphatic rings.